The molecule has 0 unspecified atom stereocenters. The Hall–Kier alpha value is -2.40. The van der Waals surface area contributed by atoms with Crippen LogP contribution in [0.3, 0.4) is 0 Å². The number of nitrogens with zero attached hydrogens (tertiary/aromatic N) is 1. The first-order chi connectivity index (χ1) is 12.8. The SMILES string of the molecule is COc1ccc(N(C)CCCNC(=O)C(C)(C)Oc2ccc(Cl)cc2)cc1. The standard InChI is InChI=1S/C21H27ClN2O3/c1-21(2,27-19-10-6-16(22)7-11-19)20(25)23-14-5-15-24(3)17-8-12-18(26-4)13-9-17/h6-13H,5,14-15H2,1-4H3,(H,23,25). The molecule has 6 heteroatoms. The van der Waals surface area contributed by atoms with E-state index in [0.717, 1.165) is 24.4 Å². The van der Waals surface area contributed by atoms with E-state index in [2.05, 4.69) is 10.2 Å². The van der Waals surface area contributed by atoms with Crippen LogP contribution in [0.4, 0.5) is 5.69 Å². The molecule has 5 nitrogen and oxygen atoms in total. The van der Waals surface area contributed by atoms with Gasteiger partial charge in [-0.15, -0.1) is 0 Å². The first-order valence-electron chi connectivity index (χ1n) is 8.90. The van der Waals surface area contributed by atoms with Gasteiger partial charge < -0.3 is 19.7 Å². The van der Waals surface area contributed by atoms with Crippen molar-refractivity contribution < 1.29 is 14.3 Å². The van der Waals surface area contributed by atoms with Crippen LogP contribution >= 0.6 is 11.6 Å². The van der Waals surface area contributed by atoms with Crippen molar-refractivity contribution in [2.45, 2.75) is 25.9 Å². The van der Waals surface area contributed by atoms with Crippen LogP contribution < -0.4 is 19.7 Å². The highest BCUT2D eigenvalue weighted by Crippen LogP contribution is 2.21. The van der Waals surface area contributed by atoms with Gasteiger partial charge in [0, 0.05) is 30.8 Å². The second-order valence-electron chi connectivity index (χ2n) is 6.80. The molecular formula is C21H27ClN2O3. The minimum atomic E-state index is -0.963. The summed E-state index contributed by atoms with van der Waals surface area (Å²) in [6.07, 6.45) is 0.825. The second-order valence-corrected chi connectivity index (χ2v) is 7.23. The van der Waals surface area contributed by atoms with E-state index in [4.69, 9.17) is 21.1 Å². The third-order valence-corrected chi connectivity index (χ3v) is 4.45. The van der Waals surface area contributed by atoms with Crippen LogP contribution in [0.15, 0.2) is 48.5 Å². The Balaban J connectivity index is 1.76. The Kier molecular flexibility index (Phi) is 7.36. The highest BCUT2D eigenvalue weighted by molar-refractivity contribution is 6.30. The summed E-state index contributed by atoms with van der Waals surface area (Å²) in [6.45, 7) is 4.90. The molecule has 0 fully saturated rings. The average Bonchev–Trinajstić information content (AvgIpc) is 2.66. The summed E-state index contributed by atoms with van der Waals surface area (Å²) in [6, 6.07) is 14.9. The molecule has 0 saturated heterocycles. The van der Waals surface area contributed by atoms with Crippen LogP contribution in [0.1, 0.15) is 20.3 Å². The molecule has 0 spiro atoms. The molecule has 146 valence electrons. The lowest BCUT2D eigenvalue weighted by molar-refractivity contribution is -0.134. The fourth-order valence-electron chi connectivity index (χ4n) is 2.54. The summed E-state index contributed by atoms with van der Waals surface area (Å²) in [5, 5.41) is 3.57. The first kappa shape index (κ1) is 20.9. The molecule has 0 saturated carbocycles. The van der Waals surface area contributed by atoms with Gasteiger partial charge in [0.15, 0.2) is 5.60 Å². The molecule has 1 N–H and O–H groups in total. The third kappa shape index (κ3) is 6.36. The van der Waals surface area contributed by atoms with Crippen molar-refractivity contribution in [2.75, 3.05) is 32.1 Å². The van der Waals surface area contributed by atoms with Gasteiger partial charge in [0.1, 0.15) is 11.5 Å². The van der Waals surface area contributed by atoms with Crippen LogP contribution in [0.5, 0.6) is 11.5 Å². The lowest BCUT2D eigenvalue weighted by Crippen LogP contribution is -2.47. The lowest BCUT2D eigenvalue weighted by atomic mass is 10.1. The zero-order valence-electron chi connectivity index (χ0n) is 16.3. The molecule has 0 aliphatic rings. The summed E-state index contributed by atoms with van der Waals surface area (Å²) in [5.74, 6) is 1.30. The van der Waals surface area contributed by atoms with E-state index in [0.29, 0.717) is 17.3 Å². The van der Waals surface area contributed by atoms with Crippen LogP contribution in [0.2, 0.25) is 5.02 Å². The van der Waals surface area contributed by atoms with Crippen LogP contribution in [-0.2, 0) is 4.79 Å². The van der Waals surface area contributed by atoms with Gasteiger partial charge in [0.25, 0.3) is 5.91 Å². The largest absolute Gasteiger partial charge is 0.497 e. The highest BCUT2D eigenvalue weighted by atomic mass is 35.5. The molecule has 2 aromatic rings. The van der Waals surface area contributed by atoms with E-state index in [9.17, 15) is 4.79 Å². The number of halogens is 1. The summed E-state index contributed by atoms with van der Waals surface area (Å²) in [4.78, 5) is 14.6. The number of carbonyl (C=O) groups is 1. The molecule has 1 amide bonds. The molecule has 0 aromatic heterocycles. The number of hydrogen-bond donors (Lipinski definition) is 1. The summed E-state index contributed by atoms with van der Waals surface area (Å²) < 4.78 is 11.0. The Morgan fingerprint density at radius 1 is 1.07 bits per heavy atom. The second kappa shape index (κ2) is 9.51. The van der Waals surface area contributed by atoms with Gasteiger partial charge in [0.2, 0.25) is 0 Å². The maximum Gasteiger partial charge on any atom is 0.263 e. The summed E-state index contributed by atoms with van der Waals surface area (Å²) in [7, 11) is 3.68. The molecule has 2 aromatic carbocycles. The first-order valence-corrected chi connectivity index (χ1v) is 9.28. The van der Waals surface area contributed by atoms with Gasteiger partial charge in [-0.25, -0.2) is 0 Å². The van der Waals surface area contributed by atoms with Gasteiger partial charge >= 0.3 is 0 Å². The zero-order chi connectivity index (χ0) is 19.9. The summed E-state index contributed by atoms with van der Waals surface area (Å²) in [5.41, 5.74) is 0.143. The number of amides is 1. The fraction of sp³-hybridized carbons (Fsp3) is 0.381. The molecule has 0 aliphatic carbocycles. The van der Waals surface area contributed by atoms with Crippen LogP contribution in [-0.4, -0.2) is 38.8 Å². The van der Waals surface area contributed by atoms with Crippen molar-refractivity contribution in [2.24, 2.45) is 0 Å². The van der Waals surface area contributed by atoms with Gasteiger partial charge in [0.05, 0.1) is 7.11 Å². The van der Waals surface area contributed by atoms with Crippen molar-refractivity contribution in [3.63, 3.8) is 0 Å². The number of nitrogens with one attached hydrogen (secondary N) is 1. The molecule has 0 bridgehead atoms. The van der Waals surface area contributed by atoms with Crippen molar-refractivity contribution in [1.82, 2.24) is 5.32 Å². The number of hydrogen-bond acceptors (Lipinski definition) is 4. The highest BCUT2D eigenvalue weighted by Gasteiger charge is 2.29. The van der Waals surface area contributed by atoms with Crippen LogP contribution in [0, 0.1) is 0 Å². The van der Waals surface area contributed by atoms with E-state index in [1.54, 1.807) is 45.2 Å². The molecule has 0 heterocycles. The van der Waals surface area contributed by atoms with Crippen molar-refractivity contribution in [1.29, 1.82) is 0 Å². The lowest BCUT2D eigenvalue weighted by Gasteiger charge is -2.26. The molecular weight excluding hydrogens is 364 g/mol. The topological polar surface area (TPSA) is 50.8 Å². The van der Waals surface area contributed by atoms with Gasteiger partial charge in [-0.3, -0.25) is 4.79 Å². The normalized spacial score (nSPS) is 11.0. The van der Waals surface area contributed by atoms with E-state index in [1.165, 1.54) is 0 Å². The Morgan fingerprint density at radius 2 is 1.67 bits per heavy atom. The minimum Gasteiger partial charge on any atom is -0.497 e. The number of methoxy groups -OCH3 is 1. The van der Waals surface area contributed by atoms with E-state index >= 15 is 0 Å². The van der Waals surface area contributed by atoms with Crippen molar-refractivity contribution >= 4 is 23.2 Å². The molecule has 0 radical (unpaired) electrons. The maximum atomic E-state index is 12.4. The number of rotatable bonds is 9. The molecule has 27 heavy (non-hydrogen) atoms. The fourth-order valence-corrected chi connectivity index (χ4v) is 2.67. The molecule has 2 rings (SSSR count). The van der Waals surface area contributed by atoms with Gasteiger partial charge in [-0.05, 0) is 68.8 Å². The van der Waals surface area contributed by atoms with Crippen LogP contribution in [0.25, 0.3) is 0 Å². The minimum absolute atomic E-state index is 0.149. The number of benzene rings is 2. The predicted molar refractivity (Wildman–Crippen MR) is 110 cm³/mol. The van der Waals surface area contributed by atoms with Gasteiger partial charge in [-0.2, -0.15) is 0 Å². The predicted octanol–water partition coefficient (Wildman–Crippen LogP) is 4.15. The Labute approximate surface area is 166 Å². The maximum absolute atomic E-state index is 12.4. The number of anilines is 1. The summed E-state index contributed by atoms with van der Waals surface area (Å²) >= 11 is 5.87. The van der Waals surface area contributed by atoms with E-state index < -0.39 is 5.60 Å². The van der Waals surface area contributed by atoms with E-state index in [1.807, 2.05) is 31.3 Å². The third-order valence-electron chi connectivity index (χ3n) is 4.20. The smallest absolute Gasteiger partial charge is 0.263 e. The van der Waals surface area contributed by atoms with Crippen molar-refractivity contribution in [3.05, 3.63) is 53.6 Å². The molecule has 0 aliphatic heterocycles. The van der Waals surface area contributed by atoms with Gasteiger partial charge in [-0.1, -0.05) is 11.6 Å². The zero-order valence-corrected chi connectivity index (χ0v) is 17.0. The Bertz CT molecular complexity index is 730. The van der Waals surface area contributed by atoms with E-state index in [-0.39, 0.29) is 5.91 Å². The average molecular weight is 391 g/mol. The van der Waals surface area contributed by atoms with Crippen molar-refractivity contribution in [3.8, 4) is 11.5 Å². The quantitative estimate of drug-likeness (QED) is 0.653. The Morgan fingerprint density at radius 3 is 2.26 bits per heavy atom. The number of carbonyl (C=O) groups excluding carboxylic acids is 1. The molecule has 0 atom stereocenters. The number of ether oxygens (including phenoxy) is 2. The monoisotopic (exact) mass is 390 g/mol.